The minimum atomic E-state index is -1.26. The summed E-state index contributed by atoms with van der Waals surface area (Å²) in [4.78, 5) is 20.2. The Morgan fingerprint density at radius 1 is 1.35 bits per heavy atom. The molecule has 0 spiro atoms. The maximum atomic E-state index is 11.8. The number of hydrogen-bond acceptors (Lipinski definition) is 7. The van der Waals surface area contributed by atoms with Crippen molar-refractivity contribution in [3.63, 3.8) is 0 Å². The minimum absolute atomic E-state index is 0.0411. The predicted octanol–water partition coefficient (Wildman–Crippen LogP) is 3.57. The van der Waals surface area contributed by atoms with Gasteiger partial charge in [0.25, 0.3) is 0 Å². The van der Waals surface area contributed by atoms with Gasteiger partial charge in [-0.15, -0.1) is 0 Å². The Morgan fingerprint density at radius 2 is 2.03 bits per heavy atom. The summed E-state index contributed by atoms with van der Waals surface area (Å²) >= 11 is -0.236. The van der Waals surface area contributed by atoms with Crippen LogP contribution in [0.2, 0.25) is 0 Å². The molecule has 8 nitrogen and oxygen atoms in total. The van der Waals surface area contributed by atoms with Gasteiger partial charge >= 0.3 is 5.97 Å². The van der Waals surface area contributed by atoms with Crippen LogP contribution in [0.5, 0.6) is 5.88 Å². The van der Waals surface area contributed by atoms with Gasteiger partial charge in [0.2, 0.25) is 5.88 Å². The first-order chi connectivity index (χ1) is 14.4. The van der Waals surface area contributed by atoms with Crippen molar-refractivity contribution >= 4 is 23.0 Å². The van der Waals surface area contributed by atoms with E-state index in [0.29, 0.717) is 24.0 Å². The summed E-state index contributed by atoms with van der Waals surface area (Å²) in [5.74, 6) is -1.31. The Morgan fingerprint density at radius 3 is 2.61 bits per heavy atom. The van der Waals surface area contributed by atoms with Crippen molar-refractivity contribution in [1.29, 1.82) is 5.26 Å². The first-order valence-electron chi connectivity index (χ1n) is 9.85. The van der Waals surface area contributed by atoms with Gasteiger partial charge in [-0.2, -0.15) is 14.4 Å². The highest BCUT2D eigenvalue weighted by atomic mass is 32.2. The fraction of sp³-hybridized carbons (Fsp3) is 0.455. The van der Waals surface area contributed by atoms with E-state index < -0.39 is 5.97 Å². The zero-order valence-corrected chi connectivity index (χ0v) is 19.1. The van der Waals surface area contributed by atoms with Crippen molar-refractivity contribution < 1.29 is 18.8 Å². The Labute approximate surface area is 185 Å². The van der Waals surface area contributed by atoms with Gasteiger partial charge in [-0.3, -0.25) is 0 Å². The van der Waals surface area contributed by atoms with Crippen molar-refractivity contribution in [3.8, 4) is 23.3 Å². The second kappa shape index (κ2) is 8.36. The number of nitrogens with zero attached hydrogens (tertiary/aromatic N) is 3. The average Bonchev–Trinajstić information content (AvgIpc) is 2.65. The number of carbonyl (C=O) groups is 1. The summed E-state index contributed by atoms with van der Waals surface area (Å²) in [5.41, 5.74) is 6.32. The molecule has 0 saturated heterocycles. The van der Waals surface area contributed by atoms with Crippen LogP contribution in [0.15, 0.2) is 24.3 Å². The van der Waals surface area contributed by atoms with Gasteiger partial charge in [-0.1, -0.05) is 12.1 Å². The third kappa shape index (κ3) is 5.09. The van der Waals surface area contributed by atoms with Gasteiger partial charge in [-0.05, 0) is 39.8 Å². The van der Waals surface area contributed by atoms with Gasteiger partial charge in [0.1, 0.15) is 35.0 Å². The molecule has 9 heteroatoms. The number of nitrogens with two attached hydrogens (primary N) is 1. The molecule has 0 amide bonds. The van der Waals surface area contributed by atoms with Gasteiger partial charge in [-0.25, -0.2) is 9.78 Å². The van der Waals surface area contributed by atoms with Gasteiger partial charge in [0, 0.05) is 18.4 Å². The third-order valence-electron chi connectivity index (χ3n) is 5.15. The first kappa shape index (κ1) is 22.8. The Hall–Kier alpha value is -2.83. The number of ether oxygens (including phenoxy) is 1. The van der Waals surface area contributed by atoms with Crippen LogP contribution < -0.4 is 10.5 Å². The number of hydrogen-bond donors (Lipinski definition) is 2. The zero-order valence-electron chi connectivity index (χ0n) is 18.3. The van der Waals surface area contributed by atoms with Crippen LogP contribution in [0.25, 0.3) is 11.4 Å². The molecule has 164 valence electrons. The largest absolute Gasteiger partial charge is 0.477 e. The highest BCUT2D eigenvalue weighted by Gasteiger charge is 2.50. The molecule has 0 radical (unpaired) electrons. The lowest BCUT2D eigenvalue weighted by atomic mass is 9.79. The van der Waals surface area contributed by atoms with Crippen molar-refractivity contribution in [2.24, 2.45) is 0 Å². The summed E-state index contributed by atoms with van der Waals surface area (Å²) < 4.78 is 12.3. The average molecular weight is 444 g/mol. The van der Waals surface area contributed by atoms with E-state index in [1.54, 1.807) is 24.3 Å². The summed E-state index contributed by atoms with van der Waals surface area (Å²) in [5, 5.41) is 18.7. The molecule has 0 bridgehead atoms. The highest BCUT2D eigenvalue weighted by molar-refractivity contribution is 7.93. The smallest absolute Gasteiger partial charge is 0.345 e. The maximum absolute atomic E-state index is 11.8. The molecule has 1 unspecified atom stereocenters. The molecule has 1 aromatic heterocycles. The lowest BCUT2D eigenvalue weighted by Crippen LogP contribution is -2.52. The lowest BCUT2D eigenvalue weighted by molar-refractivity contribution is -0.0645. The lowest BCUT2D eigenvalue weighted by Gasteiger charge is -2.42. The van der Waals surface area contributed by atoms with E-state index in [9.17, 15) is 9.90 Å². The summed E-state index contributed by atoms with van der Waals surface area (Å²) in [6.45, 7) is 8.45. The molecule has 3 N–H and O–H groups in total. The van der Waals surface area contributed by atoms with Crippen molar-refractivity contribution in [2.75, 3.05) is 12.0 Å². The van der Waals surface area contributed by atoms with E-state index in [-0.39, 0.29) is 50.7 Å². The van der Waals surface area contributed by atoms with Crippen molar-refractivity contribution in [3.05, 3.63) is 35.4 Å². The first-order valence-corrected chi connectivity index (χ1v) is 11.4. The molecule has 1 aromatic carbocycles. The number of nitriles is 1. The number of carboxylic acids is 1. The highest BCUT2D eigenvalue weighted by Crippen LogP contribution is 2.41. The topological polar surface area (TPSA) is 131 Å². The number of aromatic nitrogens is 2. The summed E-state index contributed by atoms with van der Waals surface area (Å²) in [7, 11) is 0. The standard InChI is InChI=1S/C22H26N4O4S/c1-21(2,3)31(5)30-22(4)10-15(11-22)29-19-16(20(27)28)17(24)25-18(26-19)14-8-6-7-13(9-14)12-23/h6-9,15H,10-11H2,1-5H3,(H2-,24,25,26,27,28)/p+1. The molecule has 1 heterocycles. The van der Waals surface area contributed by atoms with Crippen LogP contribution in [-0.2, 0) is 15.4 Å². The number of aromatic carboxylic acids is 1. The van der Waals surface area contributed by atoms with Crippen LogP contribution in [0.4, 0.5) is 5.82 Å². The monoisotopic (exact) mass is 443 g/mol. The van der Waals surface area contributed by atoms with Crippen LogP contribution in [0, 0.1) is 11.3 Å². The van der Waals surface area contributed by atoms with E-state index in [2.05, 4.69) is 43.1 Å². The van der Waals surface area contributed by atoms with E-state index >= 15 is 0 Å². The van der Waals surface area contributed by atoms with Crippen molar-refractivity contribution in [1.82, 2.24) is 9.97 Å². The summed E-state index contributed by atoms with van der Waals surface area (Å²) in [6, 6.07) is 8.75. The normalized spacial score (nSPS) is 21.6. The minimum Gasteiger partial charge on any atom is -0.477 e. The van der Waals surface area contributed by atoms with Crippen LogP contribution in [0.3, 0.4) is 0 Å². The number of rotatable bonds is 6. The Balaban J connectivity index is 1.83. The maximum Gasteiger partial charge on any atom is 0.345 e. The van der Waals surface area contributed by atoms with E-state index in [4.69, 9.17) is 19.9 Å². The molecule has 1 atom stereocenters. The summed E-state index contributed by atoms with van der Waals surface area (Å²) in [6.07, 6.45) is 3.06. The fourth-order valence-corrected chi connectivity index (χ4v) is 4.23. The number of anilines is 1. The zero-order chi connectivity index (χ0) is 23.0. The molecule has 1 saturated carbocycles. The Kier molecular flexibility index (Phi) is 6.16. The second-order valence-corrected chi connectivity index (χ2v) is 11.2. The van der Waals surface area contributed by atoms with E-state index in [0.717, 1.165) is 0 Å². The number of benzene rings is 1. The SMILES string of the molecule is C[S+](OC1(C)CC(Oc2nc(-c3cccc(C#N)c3)nc(N)c2C(=O)O)C1)C(C)(C)C. The van der Waals surface area contributed by atoms with Crippen molar-refractivity contribution in [2.45, 2.75) is 57.0 Å². The quantitative estimate of drug-likeness (QED) is 0.648. The van der Waals surface area contributed by atoms with Gasteiger partial charge in [0.05, 0.1) is 11.6 Å². The third-order valence-corrected chi connectivity index (χ3v) is 7.53. The van der Waals surface area contributed by atoms with E-state index in [1.165, 1.54) is 0 Å². The molecule has 2 aromatic rings. The van der Waals surface area contributed by atoms with Crippen LogP contribution in [-0.4, -0.2) is 43.8 Å². The Bertz CT molecular complexity index is 1040. The number of nitrogen functional groups attached to an aromatic ring is 1. The van der Waals surface area contributed by atoms with E-state index in [1.807, 2.05) is 6.92 Å². The fourth-order valence-electron chi connectivity index (χ4n) is 3.24. The molecule has 1 fully saturated rings. The predicted molar refractivity (Wildman–Crippen MR) is 120 cm³/mol. The molecular weight excluding hydrogens is 416 g/mol. The molecular formula is C22H27N4O4S+. The van der Waals surface area contributed by atoms with Gasteiger partial charge in [0.15, 0.2) is 16.1 Å². The number of carboxylic acid groups (broad SMARTS) is 1. The van der Waals surface area contributed by atoms with Crippen LogP contribution in [0.1, 0.15) is 56.5 Å². The molecule has 3 rings (SSSR count). The van der Waals surface area contributed by atoms with Crippen LogP contribution >= 0.6 is 0 Å². The second-order valence-electron chi connectivity index (χ2n) is 8.86. The molecule has 0 aliphatic heterocycles. The van der Waals surface area contributed by atoms with Gasteiger partial charge < -0.3 is 15.6 Å². The molecule has 1 aliphatic rings. The molecule has 31 heavy (non-hydrogen) atoms. The molecule has 1 aliphatic carbocycles.